The van der Waals surface area contributed by atoms with Gasteiger partial charge in [-0.25, -0.2) is 0 Å². The van der Waals surface area contributed by atoms with Crippen molar-refractivity contribution in [1.29, 1.82) is 0 Å². The number of hydrogen-bond acceptors (Lipinski definition) is 0. The molecule has 0 heteroatoms. The first-order chi connectivity index (χ1) is 38.9. The highest BCUT2D eigenvalue weighted by Crippen LogP contribution is 2.59. The lowest BCUT2D eigenvalue weighted by atomic mass is 9.72. The zero-order valence-corrected chi connectivity index (χ0v) is 46.5. The van der Waals surface area contributed by atoms with Crippen molar-refractivity contribution in [2.24, 2.45) is 0 Å². The second-order valence-corrected chi connectivity index (χ2v) is 23.2. The molecule has 0 N–H and O–H groups in total. The molecule has 0 heterocycles. The smallest absolute Gasteiger partial charge is 0.0210 e. The zero-order chi connectivity index (χ0) is 53.4. The van der Waals surface area contributed by atoms with E-state index in [1.165, 1.54) is 154 Å². The fourth-order valence-corrected chi connectivity index (χ4v) is 16.6. The minimum Gasteiger partial charge on any atom is -0.0642 e. The normalized spacial score (nSPS) is 14.8. The molecule has 0 aromatic heterocycles. The van der Waals surface area contributed by atoms with Crippen LogP contribution < -0.4 is 0 Å². The molecule has 0 saturated heterocycles. The van der Waals surface area contributed by atoms with Crippen LogP contribution >= 0.6 is 0 Å². The van der Waals surface area contributed by atoms with Crippen molar-refractivity contribution in [2.45, 2.75) is 96.3 Å². The average molecular weight is 1020 g/mol. The third-order valence-electron chi connectivity index (χ3n) is 20.5. The first-order valence-corrected chi connectivity index (χ1v) is 29.5. The zero-order valence-electron chi connectivity index (χ0n) is 46.5. The van der Waals surface area contributed by atoms with Crippen molar-refractivity contribution >= 4 is 43.1 Å². The lowest BCUT2D eigenvalue weighted by Crippen LogP contribution is -2.23. The molecule has 0 nitrogen and oxygen atoms in total. The summed E-state index contributed by atoms with van der Waals surface area (Å²) in [5.41, 5.74) is 27.4. The van der Waals surface area contributed by atoms with Crippen LogP contribution in [-0.4, -0.2) is 0 Å². The first-order valence-electron chi connectivity index (χ1n) is 29.5. The summed E-state index contributed by atoms with van der Waals surface area (Å²) in [6, 6.07) is 84.9. The molecular weight excluding hydrogens is 949 g/mol. The fraction of sp³-hybridized carbons (Fsp3) is 0.190. The molecule has 15 rings (SSSR count). The third kappa shape index (κ3) is 6.38. The van der Waals surface area contributed by atoms with Gasteiger partial charge in [-0.3, -0.25) is 0 Å². The Bertz CT molecular complexity index is 4110. The van der Waals surface area contributed by atoms with Gasteiger partial charge in [0.2, 0.25) is 0 Å². The van der Waals surface area contributed by atoms with Gasteiger partial charge in [0.05, 0.1) is 0 Å². The number of hydrogen-bond donors (Lipinski definition) is 0. The molecule has 0 bridgehead atoms. The SMILES string of the molecule is CCC1(CC)c2ccccc2-c2ccc(-c3c4ccccc4c(-c4ccc5c(c4)C(CC)(CC)c4cc(-c6c7ccccc7c(-c7ccc8c(c7)C(CC)(CC)c7ccccc7-8)c7ccccc67)ccc4-5)c4ccccc34)cc21. The molecule has 0 atom stereocenters. The highest BCUT2D eigenvalue weighted by Gasteiger charge is 2.44. The molecule has 0 spiro atoms. The minimum absolute atomic E-state index is 0.00177. The predicted molar refractivity (Wildman–Crippen MR) is 339 cm³/mol. The molecule has 3 aliphatic carbocycles. The number of rotatable bonds is 10. The van der Waals surface area contributed by atoms with E-state index in [0.717, 1.165) is 38.5 Å². The van der Waals surface area contributed by atoms with Crippen LogP contribution in [-0.2, 0) is 16.2 Å². The maximum absolute atomic E-state index is 2.60. The molecule has 0 amide bonds. The Balaban J connectivity index is 0.878. The van der Waals surface area contributed by atoms with Crippen LogP contribution in [0.5, 0.6) is 0 Å². The van der Waals surface area contributed by atoms with E-state index in [1.807, 2.05) is 0 Å². The highest BCUT2D eigenvalue weighted by atomic mass is 14.5. The Kier molecular flexibility index (Phi) is 10.8. The fourth-order valence-electron chi connectivity index (χ4n) is 16.6. The highest BCUT2D eigenvalue weighted by molar-refractivity contribution is 6.23. The Morgan fingerprint density at radius 2 is 0.392 bits per heavy atom. The van der Waals surface area contributed by atoms with Crippen molar-refractivity contribution in [3.63, 3.8) is 0 Å². The average Bonchev–Trinajstić information content (AvgIpc) is 4.33. The monoisotopic (exact) mass is 1010 g/mol. The molecule has 0 fully saturated rings. The van der Waals surface area contributed by atoms with Gasteiger partial charge in [0.15, 0.2) is 0 Å². The van der Waals surface area contributed by atoms with E-state index >= 15 is 0 Å². The number of benzene rings is 12. The summed E-state index contributed by atoms with van der Waals surface area (Å²) in [5, 5.41) is 10.4. The Labute approximate surface area is 466 Å². The summed E-state index contributed by atoms with van der Waals surface area (Å²) in [6.45, 7) is 14.3. The van der Waals surface area contributed by atoms with Crippen LogP contribution in [0.25, 0.3) is 121 Å². The standard InChI is InChI=1S/C79H66/c1-7-77(8-2)67-35-23-21-25-53(67)55-41-37-49(45-69(55)77)73-59-27-13-17-31-63(59)75(64-32-18-14-28-60(64)73)51-39-43-57-58-44-40-52(48-72(58)79(11-5,12-6)71(57)47-51)76-65-33-19-15-29-61(65)74(62-30-16-20-34-66(62)76)50-38-42-56-54-26-22-24-36-68(54)78(9-3,10-4)70(56)46-50/h13-48H,7-12H2,1-6H3. The van der Waals surface area contributed by atoms with E-state index in [2.05, 4.69) is 260 Å². The van der Waals surface area contributed by atoms with Crippen molar-refractivity contribution in [3.8, 4) is 77.9 Å². The van der Waals surface area contributed by atoms with Crippen LogP contribution in [0.4, 0.5) is 0 Å². The van der Waals surface area contributed by atoms with E-state index < -0.39 is 0 Å². The van der Waals surface area contributed by atoms with Crippen LogP contribution in [0.1, 0.15) is 113 Å². The molecule has 0 saturated carbocycles. The Morgan fingerprint density at radius 3 is 0.620 bits per heavy atom. The van der Waals surface area contributed by atoms with Crippen molar-refractivity contribution in [2.75, 3.05) is 0 Å². The molecule has 0 aliphatic heterocycles. The molecule has 12 aromatic carbocycles. The largest absolute Gasteiger partial charge is 0.0642 e. The van der Waals surface area contributed by atoms with Crippen LogP contribution in [0.3, 0.4) is 0 Å². The topological polar surface area (TPSA) is 0 Å². The van der Waals surface area contributed by atoms with Crippen molar-refractivity contribution < 1.29 is 0 Å². The summed E-state index contributed by atoms with van der Waals surface area (Å²) in [6.07, 6.45) is 6.31. The molecule has 0 unspecified atom stereocenters. The molecule has 382 valence electrons. The van der Waals surface area contributed by atoms with Crippen LogP contribution in [0.2, 0.25) is 0 Å². The van der Waals surface area contributed by atoms with E-state index in [4.69, 9.17) is 0 Å². The quantitative estimate of drug-likeness (QED) is 0.120. The van der Waals surface area contributed by atoms with Gasteiger partial charge in [-0.15, -0.1) is 0 Å². The van der Waals surface area contributed by atoms with Gasteiger partial charge in [0.1, 0.15) is 0 Å². The maximum Gasteiger partial charge on any atom is 0.0210 e. The van der Waals surface area contributed by atoms with E-state index in [0.29, 0.717) is 0 Å². The van der Waals surface area contributed by atoms with Gasteiger partial charge in [-0.05, 0) is 217 Å². The van der Waals surface area contributed by atoms with Crippen molar-refractivity contribution in [3.05, 3.63) is 252 Å². The first kappa shape index (κ1) is 47.9. The molecule has 0 radical (unpaired) electrons. The molecule has 12 aromatic rings. The summed E-state index contributed by atoms with van der Waals surface area (Å²) >= 11 is 0. The van der Waals surface area contributed by atoms with Crippen LogP contribution in [0, 0.1) is 0 Å². The van der Waals surface area contributed by atoms with Gasteiger partial charge in [-0.2, -0.15) is 0 Å². The van der Waals surface area contributed by atoms with Crippen LogP contribution in [0.15, 0.2) is 218 Å². The molecular formula is C79H66. The summed E-state index contributed by atoms with van der Waals surface area (Å²) in [7, 11) is 0. The van der Waals surface area contributed by atoms with Gasteiger partial charge in [0, 0.05) is 16.2 Å². The summed E-state index contributed by atoms with van der Waals surface area (Å²) in [5.74, 6) is 0. The summed E-state index contributed by atoms with van der Waals surface area (Å²) < 4.78 is 0. The molecule has 3 aliphatic rings. The van der Waals surface area contributed by atoms with Crippen molar-refractivity contribution in [1.82, 2.24) is 0 Å². The second kappa shape index (κ2) is 17.9. The third-order valence-corrected chi connectivity index (χ3v) is 20.5. The van der Waals surface area contributed by atoms with E-state index in [-0.39, 0.29) is 16.2 Å². The van der Waals surface area contributed by atoms with Gasteiger partial charge in [0.25, 0.3) is 0 Å². The lowest BCUT2D eigenvalue weighted by Gasteiger charge is -2.31. The predicted octanol–water partition coefficient (Wildman–Crippen LogP) is 22.2. The lowest BCUT2D eigenvalue weighted by molar-refractivity contribution is 0.490. The summed E-state index contributed by atoms with van der Waals surface area (Å²) in [4.78, 5) is 0. The maximum atomic E-state index is 2.60. The van der Waals surface area contributed by atoms with Gasteiger partial charge in [-0.1, -0.05) is 236 Å². The van der Waals surface area contributed by atoms with Gasteiger partial charge >= 0.3 is 0 Å². The molecule has 79 heavy (non-hydrogen) atoms. The number of fused-ring (bicyclic) bond motifs is 13. The van der Waals surface area contributed by atoms with E-state index in [9.17, 15) is 0 Å². The van der Waals surface area contributed by atoms with Gasteiger partial charge < -0.3 is 0 Å². The minimum atomic E-state index is -0.159. The Hall–Kier alpha value is -8.32. The Morgan fingerprint density at radius 1 is 0.203 bits per heavy atom. The second-order valence-electron chi connectivity index (χ2n) is 23.2. The van der Waals surface area contributed by atoms with E-state index in [1.54, 1.807) is 0 Å².